The van der Waals surface area contributed by atoms with Gasteiger partial charge in [-0.25, -0.2) is 4.39 Å². The molecule has 0 saturated carbocycles. The van der Waals surface area contributed by atoms with E-state index in [4.69, 9.17) is 0 Å². The average Bonchev–Trinajstić information content (AvgIpc) is 3.05. The number of likely N-dealkylation sites (tertiary alicyclic amines) is 1. The molecule has 1 saturated heterocycles. The lowest BCUT2D eigenvalue weighted by atomic mass is 9.87. The van der Waals surface area contributed by atoms with Gasteiger partial charge in [-0.1, -0.05) is 36.4 Å². The molecule has 1 aliphatic rings. The fourth-order valence-electron chi connectivity index (χ4n) is 3.94. The van der Waals surface area contributed by atoms with Gasteiger partial charge in [0.05, 0.1) is 11.0 Å². The Bertz CT molecular complexity index is 961. The molecule has 1 aliphatic heterocycles. The third-order valence-electron chi connectivity index (χ3n) is 5.51. The molecule has 3 aromatic rings. The van der Waals surface area contributed by atoms with E-state index < -0.39 is 6.10 Å². The topological polar surface area (TPSA) is 40.5 Å². The number of fused-ring (bicyclic) bond motifs is 1. The molecular formula is C22H22FNO2S. The zero-order chi connectivity index (χ0) is 19.0. The molecule has 1 aromatic heterocycles. The van der Waals surface area contributed by atoms with Crippen LogP contribution < -0.4 is 0 Å². The van der Waals surface area contributed by atoms with Crippen LogP contribution in [-0.4, -0.2) is 29.0 Å². The summed E-state index contributed by atoms with van der Waals surface area (Å²) < 4.78 is 14.9. The second kappa shape index (κ2) is 7.41. The highest BCUT2D eigenvalue weighted by molar-refractivity contribution is 7.21. The van der Waals surface area contributed by atoms with E-state index in [0.717, 1.165) is 28.7 Å². The molecule has 0 aliphatic carbocycles. The van der Waals surface area contributed by atoms with Crippen LogP contribution in [0, 0.1) is 18.7 Å². The van der Waals surface area contributed by atoms with Crippen molar-refractivity contribution in [2.45, 2.75) is 25.9 Å². The van der Waals surface area contributed by atoms with Gasteiger partial charge >= 0.3 is 0 Å². The summed E-state index contributed by atoms with van der Waals surface area (Å²) in [4.78, 5) is 15.5. The molecule has 1 unspecified atom stereocenters. The van der Waals surface area contributed by atoms with Gasteiger partial charge in [0, 0.05) is 23.2 Å². The third-order valence-corrected chi connectivity index (χ3v) is 6.76. The predicted molar refractivity (Wildman–Crippen MR) is 107 cm³/mol. The monoisotopic (exact) mass is 383 g/mol. The number of hydrogen-bond donors (Lipinski definition) is 1. The van der Waals surface area contributed by atoms with Crippen molar-refractivity contribution in [2.24, 2.45) is 5.92 Å². The maximum Gasteiger partial charge on any atom is 0.264 e. The number of aryl methyl sites for hydroxylation is 1. The lowest BCUT2D eigenvalue weighted by Crippen LogP contribution is -2.39. The Hall–Kier alpha value is -2.24. The fraction of sp³-hybridized carbons (Fsp3) is 0.318. The second-order valence-corrected chi connectivity index (χ2v) is 8.21. The molecule has 0 spiro atoms. The van der Waals surface area contributed by atoms with Crippen LogP contribution in [0.2, 0.25) is 0 Å². The summed E-state index contributed by atoms with van der Waals surface area (Å²) in [6.07, 6.45) is 1.03. The molecule has 3 nitrogen and oxygen atoms in total. The number of piperidine rings is 1. The van der Waals surface area contributed by atoms with Crippen LogP contribution in [-0.2, 0) is 0 Å². The number of aliphatic hydroxyl groups excluding tert-OH is 1. The number of carbonyl (C=O) groups excluding carboxylic acids is 1. The first-order valence-electron chi connectivity index (χ1n) is 9.26. The number of benzene rings is 2. The largest absolute Gasteiger partial charge is 0.388 e. The zero-order valence-corrected chi connectivity index (χ0v) is 16.0. The summed E-state index contributed by atoms with van der Waals surface area (Å²) in [5, 5.41) is 11.2. The lowest BCUT2D eigenvalue weighted by Gasteiger charge is -2.34. The molecule has 1 N–H and O–H groups in total. The van der Waals surface area contributed by atoms with Gasteiger partial charge in [0.15, 0.2) is 0 Å². The van der Waals surface area contributed by atoms with Crippen molar-refractivity contribution < 1.29 is 14.3 Å². The number of carbonyl (C=O) groups is 1. The van der Waals surface area contributed by atoms with Crippen molar-refractivity contribution in [3.8, 4) is 0 Å². The summed E-state index contributed by atoms with van der Waals surface area (Å²) in [5.41, 5.74) is 1.66. The number of rotatable bonds is 3. The Kier molecular flexibility index (Phi) is 4.98. The van der Waals surface area contributed by atoms with Crippen molar-refractivity contribution in [3.05, 3.63) is 70.4 Å². The standard InChI is InChI=1S/C22H22FNO2S/c1-14-19-17(23)8-5-9-18(19)27-21(14)22(26)24-12-10-16(11-13-24)20(25)15-6-3-2-4-7-15/h2-9,16,20,25H,10-13H2,1H3. The normalized spacial score (nSPS) is 16.6. The summed E-state index contributed by atoms with van der Waals surface area (Å²) >= 11 is 1.36. The summed E-state index contributed by atoms with van der Waals surface area (Å²) in [5.74, 6) is -0.150. The number of hydrogen-bond acceptors (Lipinski definition) is 3. The van der Waals surface area contributed by atoms with Crippen LogP contribution in [0.4, 0.5) is 4.39 Å². The highest BCUT2D eigenvalue weighted by Crippen LogP contribution is 2.35. The fourth-order valence-corrected chi connectivity index (χ4v) is 5.13. The Morgan fingerprint density at radius 3 is 2.52 bits per heavy atom. The number of nitrogens with zero attached hydrogens (tertiary/aromatic N) is 1. The minimum absolute atomic E-state index is 0.0271. The number of halogens is 1. The van der Waals surface area contributed by atoms with E-state index in [9.17, 15) is 14.3 Å². The number of amides is 1. The van der Waals surface area contributed by atoms with Gasteiger partial charge in [0.25, 0.3) is 5.91 Å². The molecule has 2 heterocycles. The Morgan fingerprint density at radius 1 is 1.15 bits per heavy atom. The van der Waals surface area contributed by atoms with Crippen LogP contribution in [0.1, 0.15) is 39.7 Å². The molecule has 1 fully saturated rings. The second-order valence-electron chi connectivity index (χ2n) is 7.15. The third kappa shape index (κ3) is 3.37. The highest BCUT2D eigenvalue weighted by atomic mass is 32.1. The Morgan fingerprint density at radius 2 is 1.85 bits per heavy atom. The van der Waals surface area contributed by atoms with E-state index in [0.29, 0.717) is 23.4 Å². The molecule has 0 radical (unpaired) electrons. The first kappa shape index (κ1) is 18.1. The SMILES string of the molecule is Cc1c(C(=O)N2CCC(C(O)c3ccccc3)CC2)sc2cccc(F)c12. The molecule has 2 aromatic carbocycles. The number of aliphatic hydroxyl groups is 1. The molecule has 4 rings (SSSR count). The first-order chi connectivity index (χ1) is 13.1. The number of thiophene rings is 1. The van der Waals surface area contributed by atoms with Crippen LogP contribution in [0.15, 0.2) is 48.5 Å². The summed E-state index contributed by atoms with van der Waals surface area (Å²) in [6, 6.07) is 14.7. The van der Waals surface area contributed by atoms with E-state index in [2.05, 4.69) is 0 Å². The zero-order valence-electron chi connectivity index (χ0n) is 15.2. The van der Waals surface area contributed by atoms with Gasteiger partial charge in [0.1, 0.15) is 5.82 Å². The summed E-state index contributed by atoms with van der Waals surface area (Å²) in [6.45, 7) is 3.05. The van der Waals surface area contributed by atoms with Crippen LogP contribution in [0.3, 0.4) is 0 Å². The molecule has 5 heteroatoms. The van der Waals surface area contributed by atoms with Crippen molar-refractivity contribution in [1.82, 2.24) is 4.90 Å². The van der Waals surface area contributed by atoms with Crippen LogP contribution in [0.5, 0.6) is 0 Å². The van der Waals surface area contributed by atoms with E-state index in [1.165, 1.54) is 17.4 Å². The highest BCUT2D eigenvalue weighted by Gasteiger charge is 2.30. The van der Waals surface area contributed by atoms with E-state index in [1.807, 2.05) is 48.2 Å². The molecule has 140 valence electrons. The molecular weight excluding hydrogens is 361 g/mol. The Labute approximate surface area is 162 Å². The van der Waals surface area contributed by atoms with E-state index in [-0.39, 0.29) is 17.6 Å². The van der Waals surface area contributed by atoms with Crippen molar-refractivity contribution in [3.63, 3.8) is 0 Å². The molecule has 0 bridgehead atoms. The maximum absolute atomic E-state index is 14.1. The van der Waals surface area contributed by atoms with E-state index in [1.54, 1.807) is 6.07 Å². The van der Waals surface area contributed by atoms with Gasteiger partial charge in [-0.05, 0) is 48.9 Å². The summed E-state index contributed by atoms with van der Waals surface area (Å²) in [7, 11) is 0. The smallest absolute Gasteiger partial charge is 0.264 e. The van der Waals surface area contributed by atoms with Gasteiger partial charge in [-0.3, -0.25) is 4.79 Å². The molecule has 1 amide bonds. The Balaban J connectivity index is 1.48. The van der Waals surface area contributed by atoms with Gasteiger partial charge in [-0.15, -0.1) is 11.3 Å². The average molecular weight is 383 g/mol. The first-order valence-corrected chi connectivity index (χ1v) is 10.1. The lowest BCUT2D eigenvalue weighted by molar-refractivity contribution is 0.0465. The molecule has 1 atom stereocenters. The van der Waals surface area contributed by atoms with Gasteiger partial charge < -0.3 is 10.0 Å². The van der Waals surface area contributed by atoms with E-state index >= 15 is 0 Å². The van der Waals surface area contributed by atoms with Gasteiger partial charge in [-0.2, -0.15) is 0 Å². The van der Waals surface area contributed by atoms with Crippen molar-refractivity contribution >= 4 is 27.3 Å². The molecule has 27 heavy (non-hydrogen) atoms. The maximum atomic E-state index is 14.1. The van der Waals surface area contributed by atoms with Crippen LogP contribution in [0.25, 0.3) is 10.1 Å². The van der Waals surface area contributed by atoms with Crippen molar-refractivity contribution in [1.29, 1.82) is 0 Å². The van der Waals surface area contributed by atoms with Crippen molar-refractivity contribution in [2.75, 3.05) is 13.1 Å². The van der Waals surface area contributed by atoms with Gasteiger partial charge in [0.2, 0.25) is 0 Å². The minimum Gasteiger partial charge on any atom is -0.388 e. The minimum atomic E-state index is -0.497. The van der Waals surface area contributed by atoms with Crippen LogP contribution >= 0.6 is 11.3 Å². The quantitative estimate of drug-likeness (QED) is 0.696. The predicted octanol–water partition coefficient (Wildman–Crippen LogP) is 4.93.